The normalized spacial score (nSPS) is 19.5. The van der Waals surface area contributed by atoms with Gasteiger partial charge in [0.15, 0.2) is 5.82 Å². The molecule has 0 bridgehead atoms. The Kier molecular flexibility index (Phi) is 5.80. The Morgan fingerprint density at radius 3 is 2.07 bits per heavy atom. The summed E-state index contributed by atoms with van der Waals surface area (Å²) in [5.74, 6) is 1.97. The number of hydrogen-bond acceptors (Lipinski definition) is 3. The van der Waals surface area contributed by atoms with E-state index in [4.69, 9.17) is 4.74 Å². The van der Waals surface area contributed by atoms with Crippen molar-refractivity contribution >= 4 is 0 Å². The van der Waals surface area contributed by atoms with Gasteiger partial charge in [-0.1, -0.05) is 44.0 Å². The maximum Gasteiger partial charge on any atom is 0.426 e. The second-order valence-corrected chi connectivity index (χ2v) is 8.31. The van der Waals surface area contributed by atoms with Gasteiger partial charge >= 0.3 is 6.11 Å². The van der Waals surface area contributed by atoms with Crippen LogP contribution >= 0.6 is 0 Å². The van der Waals surface area contributed by atoms with E-state index in [0.29, 0.717) is 17.3 Å². The number of aryl methyl sites for hydroxylation is 1. The highest BCUT2D eigenvalue weighted by Gasteiger charge is 2.34. The van der Waals surface area contributed by atoms with Gasteiger partial charge in [0.25, 0.3) is 0 Å². The van der Waals surface area contributed by atoms with Crippen LogP contribution in [0.3, 0.4) is 0 Å². The van der Waals surface area contributed by atoms with Crippen LogP contribution in [-0.2, 0) is 6.11 Å². The zero-order valence-corrected chi connectivity index (χ0v) is 17.3. The van der Waals surface area contributed by atoms with Crippen molar-refractivity contribution in [2.24, 2.45) is 5.92 Å². The molecule has 5 heteroatoms. The van der Waals surface area contributed by atoms with Gasteiger partial charge in [0.1, 0.15) is 5.75 Å². The summed E-state index contributed by atoms with van der Waals surface area (Å²) in [5, 5.41) is 0. The predicted molar refractivity (Wildman–Crippen MR) is 114 cm³/mol. The zero-order chi connectivity index (χ0) is 21.1. The van der Waals surface area contributed by atoms with Crippen LogP contribution in [0.1, 0.15) is 55.2 Å². The molecule has 156 valence electrons. The van der Waals surface area contributed by atoms with Gasteiger partial charge in [0.2, 0.25) is 0 Å². The van der Waals surface area contributed by atoms with Crippen LogP contribution < -0.4 is 4.74 Å². The van der Waals surface area contributed by atoms with Crippen LogP contribution in [0.4, 0.5) is 8.78 Å². The lowest BCUT2D eigenvalue weighted by Gasteiger charge is -2.26. The van der Waals surface area contributed by atoms with E-state index in [1.807, 2.05) is 19.1 Å². The van der Waals surface area contributed by atoms with Gasteiger partial charge in [-0.2, -0.15) is 8.78 Å². The van der Waals surface area contributed by atoms with E-state index in [1.165, 1.54) is 30.5 Å². The molecule has 1 aliphatic carbocycles. The van der Waals surface area contributed by atoms with E-state index in [1.54, 1.807) is 36.7 Å². The molecule has 1 saturated carbocycles. The molecule has 3 nitrogen and oxygen atoms in total. The van der Waals surface area contributed by atoms with Gasteiger partial charge in [-0.25, -0.2) is 9.97 Å². The molecule has 0 aliphatic heterocycles. The molecule has 0 spiro atoms. The van der Waals surface area contributed by atoms with E-state index in [0.717, 1.165) is 24.3 Å². The summed E-state index contributed by atoms with van der Waals surface area (Å²) in [7, 11) is 0. The zero-order valence-electron chi connectivity index (χ0n) is 17.3. The van der Waals surface area contributed by atoms with Crippen LogP contribution in [0.15, 0.2) is 60.9 Å². The van der Waals surface area contributed by atoms with Crippen molar-refractivity contribution in [3.8, 4) is 17.1 Å². The smallest absolute Gasteiger partial charge is 0.426 e. The maximum atomic E-state index is 14.7. The molecule has 30 heavy (non-hydrogen) atoms. The largest absolute Gasteiger partial charge is 0.429 e. The average Bonchev–Trinajstić information content (AvgIpc) is 2.75. The molecule has 1 aliphatic rings. The Labute approximate surface area is 176 Å². The lowest BCUT2D eigenvalue weighted by Crippen LogP contribution is -2.21. The summed E-state index contributed by atoms with van der Waals surface area (Å²) in [6, 6.07) is 13.0. The third-order valence-corrected chi connectivity index (χ3v) is 5.87. The van der Waals surface area contributed by atoms with Gasteiger partial charge in [-0.05, 0) is 67.0 Å². The Morgan fingerprint density at radius 2 is 1.47 bits per heavy atom. The van der Waals surface area contributed by atoms with Crippen molar-refractivity contribution in [2.45, 2.75) is 51.6 Å². The summed E-state index contributed by atoms with van der Waals surface area (Å²) in [6.45, 7) is 4.18. The summed E-state index contributed by atoms with van der Waals surface area (Å²) < 4.78 is 34.4. The minimum absolute atomic E-state index is 0.166. The molecule has 0 amide bonds. The van der Waals surface area contributed by atoms with E-state index in [9.17, 15) is 8.78 Å². The number of benzene rings is 2. The van der Waals surface area contributed by atoms with Crippen LogP contribution in [0.5, 0.6) is 5.75 Å². The molecule has 4 rings (SSSR count). The summed E-state index contributed by atoms with van der Waals surface area (Å²) in [4.78, 5) is 8.46. The standard InChI is InChI=1S/C25H26F2N2O/c1-17-3-5-19(6-4-17)20-9-13-23(14-10-20)30-25(26,27)22-11-7-21(8-12-22)24-28-15-18(2)16-29-24/h7-17,19H,3-6H2,1-2H3. The molecule has 2 aromatic carbocycles. The number of ether oxygens (including phenoxy) is 1. The molecule has 0 atom stereocenters. The second-order valence-electron chi connectivity index (χ2n) is 8.31. The fourth-order valence-electron chi connectivity index (χ4n) is 3.96. The highest BCUT2D eigenvalue weighted by atomic mass is 19.3. The Bertz CT molecular complexity index is 962. The molecule has 1 aromatic heterocycles. The third kappa shape index (κ3) is 4.66. The number of alkyl halides is 2. The van der Waals surface area contributed by atoms with E-state index < -0.39 is 6.11 Å². The first kappa shape index (κ1) is 20.5. The van der Waals surface area contributed by atoms with E-state index >= 15 is 0 Å². The lowest BCUT2D eigenvalue weighted by atomic mass is 9.79. The molecular weight excluding hydrogens is 382 g/mol. The molecule has 0 N–H and O–H groups in total. The molecule has 1 fully saturated rings. The molecule has 0 saturated heterocycles. The van der Waals surface area contributed by atoms with Gasteiger partial charge < -0.3 is 4.74 Å². The monoisotopic (exact) mass is 408 g/mol. The fourth-order valence-corrected chi connectivity index (χ4v) is 3.96. The molecular formula is C25H26F2N2O. The number of rotatable bonds is 5. The minimum atomic E-state index is -3.42. The van der Waals surface area contributed by atoms with Crippen LogP contribution in [0.25, 0.3) is 11.4 Å². The quantitative estimate of drug-likeness (QED) is 0.462. The number of halogens is 2. The van der Waals surface area contributed by atoms with Gasteiger partial charge in [0.05, 0.1) is 5.56 Å². The van der Waals surface area contributed by atoms with Crippen LogP contribution in [0, 0.1) is 12.8 Å². The number of nitrogens with zero attached hydrogens (tertiary/aromatic N) is 2. The van der Waals surface area contributed by atoms with Gasteiger partial charge in [0, 0.05) is 18.0 Å². The number of hydrogen-bond donors (Lipinski definition) is 0. The van der Waals surface area contributed by atoms with E-state index in [-0.39, 0.29) is 11.3 Å². The molecule has 1 heterocycles. The first-order chi connectivity index (χ1) is 14.4. The predicted octanol–water partition coefficient (Wildman–Crippen LogP) is 6.87. The SMILES string of the molecule is Cc1cnc(-c2ccc(C(F)(F)Oc3ccc(C4CCC(C)CC4)cc3)cc2)nc1. The first-order valence-corrected chi connectivity index (χ1v) is 10.5. The fraction of sp³-hybridized carbons (Fsp3) is 0.360. The Hall–Kier alpha value is -2.82. The summed E-state index contributed by atoms with van der Waals surface area (Å²) >= 11 is 0. The van der Waals surface area contributed by atoms with Gasteiger partial charge in [-0.15, -0.1) is 0 Å². The molecule has 3 aromatic rings. The van der Waals surface area contributed by atoms with Crippen molar-refractivity contribution in [1.29, 1.82) is 0 Å². The third-order valence-electron chi connectivity index (χ3n) is 5.87. The highest BCUT2D eigenvalue weighted by Crippen LogP contribution is 2.37. The van der Waals surface area contributed by atoms with Crippen molar-refractivity contribution in [1.82, 2.24) is 9.97 Å². The second kappa shape index (κ2) is 8.50. The minimum Gasteiger partial charge on any atom is -0.429 e. The van der Waals surface area contributed by atoms with E-state index in [2.05, 4.69) is 16.9 Å². The molecule has 0 unspecified atom stereocenters. The van der Waals surface area contributed by atoms with Crippen LogP contribution in [-0.4, -0.2) is 9.97 Å². The van der Waals surface area contributed by atoms with Crippen molar-refractivity contribution < 1.29 is 13.5 Å². The molecule has 0 radical (unpaired) electrons. The average molecular weight is 408 g/mol. The van der Waals surface area contributed by atoms with Crippen LogP contribution in [0.2, 0.25) is 0 Å². The number of aromatic nitrogens is 2. The topological polar surface area (TPSA) is 35.0 Å². The van der Waals surface area contributed by atoms with Crippen molar-refractivity contribution in [3.63, 3.8) is 0 Å². The Morgan fingerprint density at radius 1 is 0.867 bits per heavy atom. The lowest BCUT2D eigenvalue weighted by molar-refractivity contribution is -0.185. The summed E-state index contributed by atoms with van der Waals surface area (Å²) in [6.07, 6.45) is 4.75. The first-order valence-electron chi connectivity index (χ1n) is 10.5. The highest BCUT2D eigenvalue weighted by molar-refractivity contribution is 5.55. The van der Waals surface area contributed by atoms with Gasteiger partial charge in [-0.3, -0.25) is 0 Å². The maximum absolute atomic E-state index is 14.7. The summed E-state index contributed by atoms with van der Waals surface area (Å²) in [5.41, 5.74) is 2.63. The van der Waals surface area contributed by atoms with Crippen molar-refractivity contribution in [2.75, 3.05) is 0 Å². The van der Waals surface area contributed by atoms with Crippen molar-refractivity contribution in [3.05, 3.63) is 77.6 Å². The Balaban J connectivity index is 1.44.